The predicted molar refractivity (Wildman–Crippen MR) is 106 cm³/mol. The SMILES string of the molecule is O=C(CN1C(=O)S/C(=C\C=C\c2ccc(Br)cc2)C1=O)N1CCCCC1. The van der Waals surface area contributed by atoms with E-state index in [2.05, 4.69) is 15.9 Å². The first kappa shape index (κ1) is 18.9. The third-order valence-electron chi connectivity index (χ3n) is 4.28. The maximum atomic E-state index is 12.4. The van der Waals surface area contributed by atoms with Crippen LogP contribution in [0.1, 0.15) is 24.8 Å². The topological polar surface area (TPSA) is 57.7 Å². The number of halogens is 1. The summed E-state index contributed by atoms with van der Waals surface area (Å²) in [5.41, 5.74) is 0.990. The van der Waals surface area contributed by atoms with E-state index < -0.39 is 5.91 Å². The summed E-state index contributed by atoms with van der Waals surface area (Å²) in [6, 6.07) is 7.74. The van der Waals surface area contributed by atoms with E-state index in [4.69, 9.17) is 0 Å². The molecule has 1 aromatic carbocycles. The summed E-state index contributed by atoms with van der Waals surface area (Å²) in [6.45, 7) is 1.25. The number of hydrogen-bond acceptors (Lipinski definition) is 4. The van der Waals surface area contributed by atoms with Crippen LogP contribution in [0.5, 0.6) is 0 Å². The summed E-state index contributed by atoms with van der Waals surface area (Å²) >= 11 is 4.26. The Morgan fingerprint density at radius 1 is 1.12 bits per heavy atom. The Kier molecular flexibility index (Phi) is 6.32. The number of allylic oxidation sites excluding steroid dienone is 2. The molecule has 0 spiro atoms. The molecule has 0 aromatic heterocycles. The van der Waals surface area contributed by atoms with E-state index in [1.165, 1.54) is 0 Å². The Hall–Kier alpha value is -1.86. The van der Waals surface area contributed by atoms with E-state index in [1.807, 2.05) is 30.3 Å². The second-order valence-electron chi connectivity index (χ2n) is 6.14. The van der Waals surface area contributed by atoms with Crippen LogP contribution >= 0.6 is 27.7 Å². The van der Waals surface area contributed by atoms with Crippen LogP contribution in [0.2, 0.25) is 0 Å². The number of carbonyl (C=O) groups is 3. The maximum Gasteiger partial charge on any atom is 0.294 e. The van der Waals surface area contributed by atoms with Gasteiger partial charge in [-0.2, -0.15) is 0 Å². The fourth-order valence-corrected chi connectivity index (χ4v) is 3.90. The van der Waals surface area contributed by atoms with E-state index in [1.54, 1.807) is 17.1 Å². The van der Waals surface area contributed by atoms with Crippen molar-refractivity contribution in [3.05, 3.63) is 51.4 Å². The highest BCUT2D eigenvalue weighted by Crippen LogP contribution is 2.30. The highest BCUT2D eigenvalue weighted by atomic mass is 79.9. The quantitative estimate of drug-likeness (QED) is 0.670. The van der Waals surface area contributed by atoms with E-state index in [0.717, 1.165) is 46.0 Å². The highest BCUT2D eigenvalue weighted by molar-refractivity contribution is 9.10. The van der Waals surface area contributed by atoms with Gasteiger partial charge in [-0.3, -0.25) is 19.3 Å². The van der Waals surface area contributed by atoms with E-state index >= 15 is 0 Å². The molecule has 3 rings (SSSR count). The summed E-state index contributed by atoms with van der Waals surface area (Å²) in [6.07, 6.45) is 8.31. The lowest BCUT2D eigenvalue weighted by Crippen LogP contribution is -2.44. The number of amides is 3. The Morgan fingerprint density at radius 2 is 1.81 bits per heavy atom. The van der Waals surface area contributed by atoms with Crippen LogP contribution in [0.25, 0.3) is 6.08 Å². The summed E-state index contributed by atoms with van der Waals surface area (Å²) in [5.74, 6) is -0.551. The average Bonchev–Trinajstić information content (AvgIpc) is 2.91. The summed E-state index contributed by atoms with van der Waals surface area (Å²) < 4.78 is 0.995. The minimum absolute atomic E-state index is 0.154. The molecule has 5 nitrogen and oxygen atoms in total. The molecule has 0 bridgehead atoms. The van der Waals surface area contributed by atoms with Crippen LogP contribution in [-0.2, 0) is 9.59 Å². The zero-order valence-corrected chi connectivity index (χ0v) is 16.6. The lowest BCUT2D eigenvalue weighted by atomic mass is 10.1. The van der Waals surface area contributed by atoms with Crippen LogP contribution < -0.4 is 0 Å². The molecule has 0 N–H and O–H groups in total. The number of hydrogen-bond donors (Lipinski definition) is 0. The number of nitrogens with zero attached hydrogens (tertiary/aromatic N) is 2. The van der Waals surface area contributed by atoms with Gasteiger partial charge in [0, 0.05) is 17.6 Å². The van der Waals surface area contributed by atoms with Crippen molar-refractivity contribution in [3.8, 4) is 0 Å². The molecule has 0 radical (unpaired) electrons. The molecule has 2 aliphatic rings. The van der Waals surface area contributed by atoms with Crippen molar-refractivity contribution < 1.29 is 14.4 Å². The molecule has 0 aliphatic carbocycles. The van der Waals surface area contributed by atoms with Crippen molar-refractivity contribution >= 4 is 50.8 Å². The minimum Gasteiger partial charge on any atom is -0.341 e. The predicted octanol–water partition coefficient (Wildman–Crippen LogP) is 4.05. The monoisotopic (exact) mass is 434 g/mol. The van der Waals surface area contributed by atoms with Gasteiger partial charge >= 0.3 is 0 Å². The Labute approximate surface area is 165 Å². The summed E-state index contributed by atoms with van der Waals surface area (Å²) in [7, 11) is 0. The number of rotatable bonds is 4. The van der Waals surface area contributed by atoms with E-state index in [9.17, 15) is 14.4 Å². The van der Waals surface area contributed by atoms with Crippen molar-refractivity contribution in [1.82, 2.24) is 9.80 Å². The normalized spacial score (nSPS) is 19.8. The number of thioether (sulfide) groups is 1. The van der Waals surface area contributed by atoms with E-state index in [0.29, 0.717) is 18.0 Å². The minimum atomic E-state index is -0.397. The van der Waals surface area contributed by atoms with Gasteiger partial charge in [0.05, 0.1) is 4.91 Å². The molecule has 0 saturated carbocycles. The molecule has 3 amide bonds. The van der Waals surface area contributed by atoms with Gasteiger partial charge in [0.25, 0.3) is 11.1 Å². The number of benzene rings is 1. The molecule has 2 aliphatic heterocycles. The van der Waals surface area contributed by atoms with Crippen molar-refractivity contribution in [2.75, 3.05) is 19.6 Å². The lowest BCUT2D eigenvalue weighted by molar-refractivity contribution is -0.136. The molecular weight excluding hydrogens is 416 g/mol. The van der Waals surface area contributed by atoms with Crippen molar-refractivity contribution in [1.29, 1.82) is 0 Å². The molecule has 1 aromatic rings. The van der Waals surface area contributed by atoms with Gasteiger partial charge in [-0.15, -0.1) is 0 Å². The van der Waals surface area contributed by atoms with Gasteiger partial charge in [-0.25, -0.2) is 0 Å². The standard InChI is InChI=1S/C19H19BrN2O3S/c20-15-9-7-14(8-10-15)5-4-6-16-18(24)22(19(25)26-16)13-17(23)21-11-2-1-3-12-21/h4-10H,1-3,11-13H2/b5-4+,16-6-. The molecule has 7 heteroatoms. The molecule has 0 atom stereocenters. The fraction of sp³-hybridized carbons (Fsp3) is 0.316. The van der Waals surface area contributed by atoms with Gasteiger partial charge in [0.1, 0.15) is 6.54 Å². The van der Waals surface area contributed by atoms with E-state index in [-0.39, 0.29) is 17.7 Å². The number of likely N-dealkylation sites (tertiary alicyclic amines) is 1. The third-order valence-corrected chi connectivity index (χ3v) is 5.74. The van der Waals surface area contributed by atoms with Gasteiger partial charge in [0.2, 0.25) is 5.91 Å². The van der Waals surface area contributed by atoms with Crippen LogP contribution in [0.15, 0.2) is 45.8 Å². The second kappa shape index (κ2) is 8.68. The largest absolute Gasteiger partial charge is 0.341 e. The van der Waals surface area contributed by atoms with Crippen LogP contribution in [0.3, 0.4) is 0 Å². The van der Waals surface area contributed by atoms with Crippen molar-refractivity contribution in [2.24, 2.45) is 0 Å². The zero-order chi connectivity index (χ0) is 18.5. The fourth-order valence-electron chi connectivity index (χ4n) is 2.85. The summed E-state index contributed by atoms with van der Waals surface area (Å²) in [5, 5.41) is -0.386. The average molecular weight is 435 g/mol. The number of piperidine rings is 1. The molecule has 0 unspecified atom stereocenters. The smallest absolute Gasteiger partial charge is 0.294 e. The van der Waals surface area contributed by atoms with Gasteiger partial charge in [0.15, 0.2) is 0 Å². The Bertz CT molecular complexity index is 767. The first-order chi connectivity index (χ1) is 12.5. The molecular formula is C19H19BrN2O3S. The highest BCUT2D eigenvalue weighted by Gasteiger charge is 2.36. The number of imide groups is 1. The molecule has 2 fully saturated rings. The van der Waals surface area contributed by atoms with Crippen LogP contribution in [-0.4, -0.2) is 46.5 Å². The first-order valence-electron chi connectivity index (χ1n) is 8.50. The lowest BCUT2D eigenvalue weighted by Gasteiger charge is -2.27. The summed E-state index contributed by atoms with van der Waals surface area (Å²) in [4.78, 5) is 40.0. The van der Waals surface area contributed by atoms with Gasteiger partial charge in [-0.1, -0.05) is 40.2 Å². The Balaban J connectivity index is 1.62. The van der Waals surface area contributed by atoms with Crippen molar-refractivity contribution in [3.63, 3.8) is 0 Å². The second-order valence-corrected chi connectivity index (χ2v) is 8.05. The van der Waals surface area contributed by atoms with Crippen LogP contribution in [0.4, 0.5) is 4.79 Å². The Morgan fingerprint density at radius 3 is 2.50 bits per heavy atom. The first-order valence-corrected chi connectivity index (χ1v) is 10.1. The van der Waals surface area contributed by atoms with Gasteiger partial charge in [-0.05, 0) is 54.8 Å². The third kappa shape index (κ3) is 4.65. The van der Waals surface area contributed by atoms with Crippen LogP contribution in [0, 0.1) is 0 Å². The molecule has 2 heterocycles. The molecule has 26 heavy (non-hydrogen) atoms. The zero-order valence-electron chi connectivity index (χ0n) is 14.2. The maximum absolute atomic E-state index is 12.4. The van der Waals surface area contributed by atoms with Crippen molar-refractivity contribution in [2.45, 2.75) is 19.3 Å². The van der Waals surface area contributed by atoms with Gasteiger partial charge < -0.3 is 4.90 Å². The molecule has 2 saturated heterocycles. The molecule has 136 valence electrons. The number of carbonyl (C=O) groups excluding carboxylic acids is 3.